The molecule has 4 fully saturated rings. The van der Waals surface area contributed by atoms with Crippen molar-refractivity contribution in [2.45, 2.75) is 64.5 Å². The Bertz CT molecular complexity index is 314. The van der Waals surface area contributed by atoms with Crippen LogP contribution in [-0.2, 0) is 4.79 Å². The minimum atomic E-state index is 0.255. The van der Waals surface area contributed by atoms with Crippen molar-refractivity contribution in [3.63, 3.8) is 0 Å². The van der Waals surface area contributed by atoms with Crippen molar-refractivity contribution in [2.75, 3.05) is 6.54 Å². The highest BCUT2D eigenvalue weighted by atomic mass is 16.1. The zero-order valence-electron chi connectivity index (χ0n) is 12.3. The first-order valence-corrected chi connectivity index (χ1v) is 8.18. The molecule has 0 heterocycles. The van der Waals surface area contributed by atoms with E-state index in [1.807, 2.05) is 0 Å². The minimum Gasteiger partial charge on any atom is -0.353 e. The molecular weight excluding hydrogens is 236 g/mol. The molecule has 108 valence electrons. The Morgan fingerprint density at radius 2 is 1.68 bits per heavy atom. The van der Waals surface area contributed by atoms with Gasteiger partial charge in [-0.15, -0.1) is 0 Å². The predicted octanol–water partition coefficient (Wildman–Crippen LogP) is 2.32. The highest BCUT2D eigenvalue weighted by Crippen LogP contribution is 2.53. The fourth-order valence-electron chi connectivity index (χ4n) is 5.10. The van der Waals surface area contributed by atoms with Gasteiger partial charge in [0.05, 0.1) is 0 Å². The van der Waals surface area contributed by atoms with E-state index in [9.17, 15) is 4.79 Å². The van der Waals surface area contributed by atoms with Gasteiger partial charge in [0.25, 0.3) is 0 Å². The summed E-state index contributed by atoms with van der Waals surface area (Å²) in [5.41, 5.74) is 0. The molecule has 0 aromatic heterocycles. The summed E-state index contributed by atoms with van der Waals surface area (Å²) in [7, 11) is 0. The van der Waals surface area contributed by atoms with Crippen molar-refractivity contribution in [3.05, 3.63) is 0 Å². The van der Waals surface area contributed by atoms with Gasteiger partial charge in [-0.2, -0.15) is 0 Å². The molecule has 1 amide bonds. The van der Waals surface area contributed by atoms with Gasteiger partial charge in [0, 0.05) is 18.5 Å². The van der Waals surface area contributed by atoms with Gasteiger partial charge in [-0.05, 0) is 69.2 Å². The number of hydrogen-bond acceptors (Lipinski definition) is 2. The number of hydrogen-bond donors (Lipinski definition) is 2. The van der Waals surface area contributed by atoms with Crippen LogP contribution in [0, 0.1) is 23.7 Å². The van der Waals surface area contributed by atoms with E-state index in [4.69, 9.17) is 0 Å². The lowest BCUT2D eigenvalue weighted by Gasteiger charge is -2.54. The van der Waals surface area contributed by atoms with Crippen LogP contribution in [0.2, 0.25) is 0 Å². The summed E-state index contributed by atoms with van der Waals surface area (Å²) in [4.78, 5) is 12.2. The predicted molar refractivity (Wildman–Crippen MR) is 76.7 cm³/mol. The molecule has 4 bridgehead atoms. The number of nitrogens with one attached hydrogen (secondary N) is 2. The third-order valence-corrected chi connectivity index (χ3v) is 5.60. The van der Waals surface area contributed by atoms with Crippen molar-refractivity contribution in [1.29, 1.82) is 0 Å². The average Bonchev–Trinajstić information content (AvgIpc) is 2.33. The number of carbonyl (C=O) groups is 1. The summed E-state index contributed by atoms with van der Waals surface area (Å²) in [6, 6.07) is 0.788. The van der Waals surface area contributed by atoms with Crippen LogP contribution in [0.25, 0.3) is 0 Å². The van der Waals surface area contributed by atoms with Gasteiger partial charge in [0.2, 0.25) is 5.91 Å². The largest absolute Gasteiger partial charge is 0.353 e. The fraction of sp³-hybridized carbons (Fsp3) is 0.938. The van der Waals surface area contributed by atoms with Gasteiger partial charge in [0.15, 0.2) is 0 Å². The van der Waals surface area contributed by atoms with Crippen molar-refractivity contribution in [3.8, 4) is 0 Å². The normalized spacial score (nSPS) is 41.3. The maximum absolute atomic E-state index is 12.2. The summed E-state index contributed by atoms with van der Waals surface area (Å²) in [5.74, 6) is 3.79. The second kappa shape index (κ2) is 5.43. The standard InChI is InChI=1S/C16H28N2O/c1-3-17-10(2)4-15(19)18-16-13-6-11-5-12(8-13)9-14(16)7-11/h10-14,16-17H,3-9H2,1-2H3,(H,18,19). The van der Waals surface area contributed by atoms with Crippen LogP contribution in [0.4, 0.5) is 0 Å². The molecule has 1 unspecified atom stereocenters. The summed E-state index contributed by atoms with van der Waals surface area (Å²) in [5, 5.41) is 6.69. The first-order valence-electron chi connectivity index (χ1n) is 8.18. The smallest absolute Gasteiger partial charge is 0.221 e. The topological polar surface area (TPSA) is 41.1 Å². The molecular formula is C16H28N2O. The zero-order valence-corrected chi connectivity index (χ0v) is 12.3. The van der Waals surface area contributed by atoms with Gasteiger partial charge in [0.1, 0.15) is 0 Å². The van der Waals surface area contributed by atoms with Crippen LogP contribution in [0.5, 0.6) is 0 Å². The lowest BCUT2D eigenvalue weighted by atomic mass is 9.54. The third kappa shape index (κ3) is 2.81. The molecule has 2 N–H and O–H groups in total. The Morgan fingerprint density at radius 3 is 2.21 bits per heavy atom. The first kappa shape index (κ1) is 13.4. The Hall–Kier alpha value is -0.570. The Morgan fingerprint density at radius 1 is 1.11 bits per heavy atom. The average molecular weight is 264 g/mol. The van der Waals surface area contributed by atoms with E-state index in [-0.39, 0.29) is 5.91 Å². The number of carbonyl (C=O) groups excluding carboxylic acids is 1. The lowest BCUT2D eigenvalue weighted by Crippen LogP contribution is -2.56. The zero-order chi connectivity index (χ0) is 13.4. The van der Waals surface area contributed by atoms with Crippen molar-refractivity contribution < 1.29 is 4.79 Å². The van der Waals surface area contributed by atoms with Crippen LogP contribution in [0.1, 0.15) is 52.4 Å². The van der Waals surface area contributed by atoms with Crippen LogP contribution in [0.3, 0.4) is 0 Å². The van der Waals surface area contributed by atoms with Crippen LogP contribution in [0.15, 0.2) is 0 Å². The van der Waals surface area contributed by atoms with Gasteiger partial charge >= 0.3 is 0 Å². The molecule has 4 aliphatic carbocycles. The minimum absolute atomic E-state index is 0.255. The van der Waals surface area contributed by atoms with E-state index in [0.29, 0.717) is 18.5 Å². The molecule has 0 aromatic rings. The van der Waals surface area contributed by atoms with Crippen LogP contribution in [-0.4, -0.2) is 24.5 Å². The molecule has 4 saturated carbocycles. The molecule has 3 heteroatoms. The Labute approximate surface area is 116 Å². The van der Waals surface area contributed by atoms with E-state index in [2.05, 4.69) is 24.5 Å². The molecule has 4 aliphatic rings. The lowest BCUT2D eigenvalue weighted by molar-refractivity contribution is -0.125. The molecule has 19 heavy (non-hydrogen) atoms. The monoisotopic (exact) mass is 264 g/mol. The maximum Gasteiger partial charge on any atom is 0.221 e. The van der Waals surface area contributed by atoms with Crippen molar-refractivity contribution in [1.82, 2.24) is 10.6 Å². The molecule has 0 spiro atoms. The molecule has 0 aromatic carbocycles. The quantitative estimate of drug-likeness (QED) is 0.800. The highest BCUT2D eigenvalue weighted by molar-refractivity contribution is 5.77. The van der Waals surface area contributed by atoms with Crippen molar-refractivity contribution in [2.24, 2.45) is 23.7 Å². The molecule has 0 aliphatic heterocycles. The second-order valence-electron chi connectivity index (χ2n) is 7.19. The number of rotatable bonds is 5. The Kier molecular flexibility index (Phi) is 3.84. The van der Waals surface area contributed by atoms with E-state index in [1.54, 1.807) is 0 Å². The summed E-state index contributed by atoms with van der Waals surface area (Å²) in [6.45, 7) is 5.12. The van der Waals surface area contributed by atoms with Gasteiger partial charge in [-0.3, -0.25) is 4.79 Å². The van der Waals surface area contributed by atoms with Gasteiger partial charge in [-0.1, -0.05) is 6.92 Å². The molecule has 4 rings (SSSR count). The van der Waals surface area contributed by atoms with Crippen LogP contribution >= 0.6 is 0 Å². The second-order valence-corrected chi connectivity index (χ2v) is 7.19. The molecule has 1 atom stereocenters. The molecule has 0 radical (unpaired) electrons. The van der Waals surface area contributed by atoms with E-state index < -0.39 is 0 Å². The Balaban J connectivity index is 1.54. The third-order valence-electron chi connectivity index (χ3n) is 5.60. The highest BCUT2D eigenvalue weighted by Gasteiger charge is 2.48. The number of amides is 1. The molecule has 3 nitrogen and oxygen atoms in total. The van der Waals surface area contributed by atoms with Gasteiger partial charge in [-0.25, -0.2) is 0 Å². The summed E-state index contributed by atoms with van der Waals surface area (Å²) in [6.07, 6.45) is 7.60. The maximum atomic E-state index is 12.2. The van der Waals surface area contributed by atoms with Gasteiger partial charge < -0.3 is 10.6 Å². The fourth-order valence-corrected chi connectivity index (χ4v) is 5.10. The van der Waals surface area contributed by atoms with Crippen molar-refractivity contribution >= 4 is 5.91 Å². The SMILES string of the molecule is CCNC(C)CC(=O)NC1C2CC3CC(C2)CC1C3. The molecule has 0 saturated heterocycles. The van der Waals surface area contributed by atoms with E-state index in [0.717, 1.165) is 30.2 Å². The summed E-state index contributed by atoms with van der Waals surface area (Å²) >= 11 is 0. The summed E-state index contributed by atoms with van der Waals surface area (Å²) < 4.78 is 0. The van der Waals surface area contributed by atoms with E-state index >= 15 is 0 Å². The van der Waals surface area contributed by atoms with E-state index in [1.165, 1.54) is 32.1 Å². The first-order chi connectivity index (χ1) is 9.15. The van der Waals surface area contributed by atoms with Crippen LogP contribution < -0.4 is 10.6 Å².